The first kappa shape index (κ1) is 40.8. The molecule has 0 saturated heterocycles. The summed E-state index contributed by atoms with van der Waals surface area (Å²) in [5, 5.41) is 20.2. The van der Waals surface area contributed by atoms with E-state index in [1.807, 2.05) is 52.8 Å². The molecule has 0 aliphatic heterocycles. The molecule has 0 aromatic heterocycles. The molecule has 0 bridgehead atoms. The summed E-state index contributed by atoms with van der Waals surface area (Å²) in [7, 11) is -3.65. The molecule has 0 atom stereocenters. The van der Waals surface area contributed by atoms with Crippen LogP contribution in [0.15, 0.2) is 91.0 Å². The topological polar surface area (TPSA) is 130 Å². The molecule has 4 aromatic rings. The van der Waals surface area contributed by atoms with Crippen molar-refractivity contribution in [1.29, 1.82) is 0 Å². The summed E-state index contributed by atoms with van der Waals surface area (Å²) in [5.74, 6) is -0.530. The molecule has 4 aromatic carbocycles. The number of hydrogen-bond acceptors (Lipinski definition) is 8. The van der Waals surface area contributed by atoms with Crippen molar-refractivity contribution in [3.05, 3.63) is 124 Å². The number of Topliss-reactive ketones (excluding diaryl/α,β-unsaturated/α-hetero) is 1. The Kier molecular flexibility index (Phi) is 15.7. The van der Waals surface area contributed by atoms with E-state index in [1.54, 1.807) is 79.7 Å². The number of aliphatic hydroxyl groups excluding tert-OH is 1. The van der Waals surface area contributed by atoms with Gasteiger partial charge in [-0.2, -0.15) is 0 Å². The van der Waals surface area contributed by atoms with Gasteiger partial charge in [0, 0.05) is 27.2 Å². The van der Waals surface area contributed by atoms with Gasteiger partial charge in [-0.3, -0.25) is 9.59 Å². The van der Waals surface area contributed by atoms with Crippen molar-refractivity contribution in [1.82, 2.24) is 0 Å². The number of hydrogen-bond donors (Lipinski definition) is 1. The number of carboxylic acid groups (broad SMARTS) is 1. The summed E-state index contributed by atoms with van der Waals surface area (Å²) < 4.78 is 24.9. The summed E-state index contributed by atoms with van der Waals surface area (Å²) in [6.45, 7) is 10.9. The van der Waals surface area contributed by atoms with Crippen molar-refractivity contribution in [3.8, 4) is 5.75 Å². The van der Waals surface area contributed by atoms with E-state index in [0.717, 1.165) is 11.1 Å². The fourth-order valence-electron chi connectivity index (χ4n) is 5.13. The van der Waals surface area contributed by atoms with Gasteiger partial charge < -0.3 is 29.0 Å². The number of aliphatic carboxylic acids is 1. The molecule has 248 valence electrons. The largest absolute Gasteiger partial charge is 1.00 e. The molecule has 4 rings (SSSR count). The number of benzene rings is 4. The number of carbonyl (C=O) groups is 3. The van der Waals surface area contributed by atoms with Crippen LogP contribution in [0.5, 0.6) is 5.75 Å². The zero-order chi connectivity index (χ0) is 34.8. The Hall–Kier alpha value is -3.36. The molecule has 10 heteroatoms. The van der Waals surface area contributed by atoms with Crippen molar-refractivity contribution in [3.63, 3.8) is 0 Å². The Bertz CT molecular complexity index is 1690. The molecule has 0 fully saturated rings. The Balaban J connectivity index is 0.000000399. The van der Waals surface area contributed by atoms with Gasteiger partial charge in [0.15, 0.2) is 5.78 Å². The molecule has 0 unspecified atom stereocenters. The van der Waals surface area contributed by atoms with Crippen LogP contribution in [0.3, 0.4) is 0 Å². The Morgan fingerprint density at radius 3 is 1.79 bits per heavy atom. The molecular formula is C38H42NaO8P. The quantitative estimate of drug-likeness (QED) is 0.137. The molecule has 0 radical (unpaired) electrons. The third-order valence-electron chi connectivity index (χ3n) is 7.49. The number of carbonyl (C=O) groups excluding carboxylic acids is 3. The molecule has 48 heavy (non-hydrogen) atoms. The third kappa shape index (κ3) is 10.3. The SMILES string of the molecule is CC(C)(C)C(=O)c1ccc(OCCO)cc1.Cc1cc(C)c(C(=O)P(=O)(c2ccccc2)c2ccccc2)c(C)c1COCC(=O)[O-].[Na+]. The molecule has 0 aliphatic carbocycles. The number of carboxylic acids is 1. The zero-order valence-electron chi connectivity index (χ0n) is 28.7. The first-order valence-corrected chi connectivity index (χ1v) is 16.9. The van der Waals surface area contributed by atoms with Crippen molar-refractivity contribution < 1.29 is 68.2 Å². The maximum absolute atomic E-state index is 14.5. The van der Waals surface area contributed by atoms with Crippen molar-refractivity contribution >= 4 is 35.0 Å². The van der Waals surface area contributed by atoms with Crippen molar-refractivity contribution in [2.75, 3.05) is 19.8 Å². The van der Waals surface area contributed by atoms with Crippen molar-refractivity contribution in [2.24, 2.45) is 5.41 Å². The molecule has 0 heterocycles. The van der Waals surface area contributed by atoms with Gasteiger partial charge in [-0.05, 0) is 67.3 Å². The average molecular weight is 681 g/mol. The fourth-order valence-corrected chi connectivity index (χ4v) is 7.74. The smallest absolute Gasteiger partial charge is 0.548 e. The molecular weight excluding hydrogens is 638 g/mol. The van der Waals surface area contributed by atoms with E-state index in [2.05, 4.69) is 0 Å². The van der Waals surface area contributed by atoms with Gasteiger partial charge in [0.05, 0.1) is 25.8 Å². The zero-order valence-corrected chi connectivity index (χ0v) is 31.6. The van der Waals surface area contributed by atoms with Gasteiger partial charge in [0.25, 0.3) is 0 Å². The van der Waals surface area contributed by atoms with Gasteiger partial charge in [-0.15, -0.1) is 0 Å². The first-order valence-electron chi connectivity index (χ1n) is 15.2. The number of aliphatic hydroxyl groups is 1. The van der Waals surface area contributed by atoms with Crippen LogP contribution in [-0.2, 0) is 20.7 Å². The average Bonchev–Trinajstić information content (AvgIpc) is 3.05. The number of ether oxygens (including phenoxy) is 2. The summed E-state index contributed by atoms with van der Waals surface area (Å²) >= 11 is 0. The van der Waals surface area contributed by atoms with E-state index >= 15 is 0 Å². The third-order valence-corrected chi connectivity index (χ3v) is 10.3. The maximum atomic E-state index is 14.5. The molecule has 0 aliphatic rings. The minimum atomic E-state index is -3.65. The monoisotopic (exact) mass is 680 g/mol. The molecule has 0 saturated carbocycles. The van der Waals surface area contributed by atoms with E-state index in [4.69, 9.17) is 14.6 Å². The van der Waals surface area contributed by atoms with Gasteiger partial charge in [-0.1, -0.05) is 87.5 Å². The van der Waals surface area contributed by atoms with Crippen LogP contribution in [-0.4, -0.2) is 42.2 Å². The molecule has 1 N–H and O–H groups in total. The maximum Gasteiger partial charge on any atom is 1.00 e. The van der Waals surface area contributed by atoms with E-state index in [9.17, 15) is 24.1 Å². The molecule has 8 nitrogen and oxygen atoms in total. The van der Waals surface area contributed by atoms with E-state index in [1.165, 1.54) is 0 Å². The fraction of sp³-hybridized carbons (Fsp3) is 0.289. The summed E-state index contributed by atoms with van der Waals surface area (Å²) in [4.78, 5) is 36.6. The van der Waals surface area contributed by atoms with Crippen LogP contribution < -0.4 is 50.0 Å². The Morgan fingerprint density at radius 2 is 1.33 bits per heavy atom. The predicted molar refractivity (Wildman–Crippen MR) is 182 cm³/mol. The van der Waals surface area contributed by atoms with Gasteiger partial charge in [-0.25, -0.2) is 0 Å². The van der Waals surface area contributed by atoms with E-state index in [0.29, 0.717) is 38.6 Å². The van der Waals surface area contributed by atoms with Gasteiger partial charge >= 0.3 is 29.6 Å². The minimum Gasteiger partial charge on any atom is -0.548 e. The van der Waals surface area contributed by atoms with E-state index in [-0.39, 0.29) is 60.6 Å². The van der Waals surface area contributed by atoms with Crippen LogP contribution in [0.1, 0.15) is 63.7 Å². The van der Waals surface area contributed by atoms with Crippen LogP contribution in [0.4, 0.5) is 0 Å². The second-order valence-electron chi connectivity index (χ2n) is 12.1. The molecule has 0 spiro atoms. The molecule has 0 amide bonds. The summed E-state index contributed by atoms with van der Waals surface area (Å²) in [6.07, 6.45) is 0. The van der Waals surface area contributed by atoms with Crippen LogP contribution in [0.2, 0.25) is 0 Å². The first-order chi connectivity index (χ1) is 22.2. The minimum absolute atomic E-state index is 0. The number of rotatable bonds is 12. The van der Waals surface area contributed by atoms with Crippen LogP contribution in [0, 0.1) is 26.2 Å². The second-order valence-corrected chi connectivity index (χ2v) is 14.8. The Labute approximate surface area is 305 Å². The second kappa shape index (κ2) is 18.4. The van der Waals surface area contributed by atoms with Gasteiger partial charge in [0.1, 0.15) is 12.4 Å². The van der Waals surface area contributed by atoms with Gasteiger partial charge in [0.2, 0.25) is 12.7 Å². The number of aryl methyl sites for hydroxylation is 2. The van der Waals surface area contributed by atoms with Crippen molar-refractivity contribution in [2.45, 2.75) is 48.1 Å². The standard InChI is InChI=1S/C25H25O5P.C13H18O3.Na/c1-17-14-18(2)24(19(3)22(17)15-30-16-23(26)27)25(28)31(29,20-10-6-4-7-11-20)21-12-8-5-9-13-21;1-13(2,3)12(15)10-4-6-11(7-5-10)16-9-8-14;/h4-14H,15-16H2,1-3H3,(H,26,27);4-7,14H,8-9H2,1-3H3;/q;;+1/p-1. The summed E-state index contributed by atoms with van der Waals surface area (Å²) in [5.41, 5.74) is 3.21. The summed E-state index contributed by atoms with van der Waals surface area (Å²) in [6, 6.07) is 26.4. The van der Waals surface area contributed by atoms with E-state index < -0.39 is 25.2 Å². The predicted octanol–water partition coefficient (Wildman–Crippen LogP) is 2.32. The van der Waals surface area contributed by atoms with Crippen LogP contribution >= 0.6 is 7.14 Å². The normalized spacial score (nSPS) is 11.1. The Morgan fingerprint density at radius 1 is 0.812 bits per heavy atom. The van der Waals surface area contributed by atoms with Crippen LogP contribution in [0.25, 0.3) is 0 Å². The number of ketones is 1.